The molecule has 0 amide bonds. The normalized spacial score (nSPS) is 17.9. The fraction of sp³-hybridized carbons (Fsp3) is 0.214. The summed E-state index contributed by atoms with van der Waals surface area (Å²) in [4.78, 5) is 40.7. The third-order valence-corrected chi connectivity index (χ3v) is 8.53. The molecule has 134 valence electrons. The molecular weight excluding hydrogens is 370 g/mol. The zero-order chi connectivity index (χ0) is 18.5. The summed E-state index contributed by atoms with van der Waals surface area (Å²) in [5, 5.41) is 10.3. The highest BCUT2D eigenvalue weighted by Gasteiger charge is 2.66. The molecule has 5 N–H and O–H groups in total. The Kier molecular flexibility index (Phi) is 4.38. The first-order valence-electron chi connectivity index (χ1n) is 7.16. The van der Waals surface area contributed by atoms with Crippen molar-refractivity contribution in [2.75, 3.05) is 0 Å². The summed E-state index contributed by atoms with van der Waals surface area (Å²) in [5.74, 6) is 0. The molecule has 1 heterocycles. The van der Waals surface area contributed by atoms with Crippen LogP contribution in [-0.2, 0) is 14.0 Å². The maximum atomic E-state index is 12.3. The molecule has 9 nitrogen and oxygen atoms in total. The van der Waals surface area contributed by atoms with Crippen molar-refractivity contribution in [3.8, 4) is 0 Å². The summed E-state index contributed by atoms with van der Waals surface area (Å²) in [5.41, 5.74) is -0.0805. The fourth-order valence-corrected chi connectivity index (χ4v) is 6.66. The number of nitrogens with zero attached hydrogens (tertiary/aromatic N) is 2. The molecule has 1 unspecified atom stereocenters. The number of hydrogen-bond acceptors (Lipinski definition) is 4. The first-order chi connectivity index (χ1) is 11.6. The Hall–Kier alpha value is -1.57. The molecule has 1 atom stereocenters. The molecule has 0 aliphatic heterocycles. The summed E-state index contributed by atoms with van der Waals surface area (Å²) >= 11 is 0. The van der Waals surface area contributed by atoms with E-state index < -0.39 is 26.3 Å². The number of fused-ring (bicyclic) bond motifs is 1. The van der Waals surface area contributed by atoms with Gasteiger partial charge in [-0.1, -0.05) is 30.3 Å². The van der Waals surface area contributed by atoms with Crippen molar-refractivity contribution in [1.82, 2.24) is 9.55 Å². The molecule has 0 spiro atoms. The predicted octanol–water partition coefficient (Wildman–Crippen LogP) is 1.37. The molecule has 25 heavy (non-hydrogen) atoms. The highest BCUT2D eigenvalue weighted by atomic mass is 31.2. The predicted molar refractivity (Wildman–Crippen MR) is 88.3 cm³/mol. The van der Waals surface area contributed by atoms with Gasteiger partial charge in [-0.2, -0.15) is 0 Å². The largest absolute Gasteiger partial charge is 0.373 e. The monoisotopic (exact) mass is 386 g/mol. The molecule has 1 aromatic carbocycles. The van der Waals surface area contributed by atoms with Gasteiger partial charge in [0.05, 0.1) is 6.33 Å². The Labute approximate surface area is 142 Å². The molecule has 0 fully saturated rings. The second-order valence-corrected chi connectivity index (χ2v) is 9.58. The van der Waals surface area contributed by atoms with Gasteiger partial charge in [-0.3, -0.25) is 9.13 Å². The highest BCUT2D eigenvalue weighted by molar-refractivity contribution is 7.72. The van der Waals surface area contributed by atoms with Gasteiger partial charge < -0.3 is 29.2 Å². The molecule has 1 aliphatic carbocycles. The van der Waals surface area contributed by atoms with Gasteiger partial charge >= 0.3 is 15.2 Å². The topological polar surface area (TPSA) is 153 Å². The van der Waals surface area contributed by atoms with Crippen molar-refractivity contribution < 1.29 is 33.8 Å². The van der Waals surface area contributed by atoms with E-state index in [9.17, 15) is 33.8 Å². The van der Waals surface area contributed by atoms with Crippen LogP contribution in [0.2, 0.25) is 0 Å². The van der Waals surface area contributed by atoms with E-state index in [0.717, 1.165) is 0 Å². The van der Waals surface area contributed by atoms with E-state index in [0.29, 0.717) is 5.56 Å². The second kappa shape index (κ2) is 6.00. The van der Waals surface area contributed by atoms with Crippen LogP contribution in [0.3, 0.4) is 0 Å². The van der Waals surface area contributed by atoms with Gasteiger partial charge in [-0.05, 0) is 16.7 Å². The molecule has 1 aliphatic rings. The van der Waals surface area contributed by atoms with Gasteiger partial charge in [0.15, 0.2) is 0 Å². The smallest absolute Gasteiger partial charge is 0.352 e. The summed E-state index contributed by atoms with van der Waals surface area (Å²) in [6.45, 7) is 0. The minimum Gasteiger partial charge on any atom is -0.373 e. The maximum absolute atomic E-state index is 12.3. The summed E-state index contributed by atoms with van der Waals surface area (Å²) in [6.07, 6.45) is 3.77. The van der Waals surface area contributed by atoms with Crippen LogP contribution in [0.4, 0.5) is 0 Å². The lowest BCUT2D eigenvalue weighted by Gasteiger charge is -2.35. The van der Waals surface area contributed by atoms with E-state index in [-0.39, 0.29) is 17.6 Å². The van der Waals surface area contributed by atoms with Crippen LogP contribution >= 0.6 is 15.2 Å². The van der Waals surface area contributed by atoms with Gasteiger partial charge in [0.1, 0.15) is 6.23 Å². The van der Waals surface area contributed by atoms with Crippen molar-refractivity contribution >= 4 is 21.3 Å². The van der Waals surface area contributed by atoms with Crippen LogP contribution < -0.4 is 0 Å². The number of benzene rings is 1. The number of hydrogen-bond donors (Lipinski definition) is 5. The first kappa shape index (κ1) is 18.2. The van der Waals surface area contributed by atoms with Gasteiger partial charge in [-0.25, -0.2) is 4.98 Å². The zero-order valence-corrected chi connectivity index (χ0v) is 14.5. The Morgan fingerprint density at radius 1 is 1.12 bits per heavy atom. The Morgan fingerprint density at radius 2 is 1.76 bits per heavy atom. The lowest BCUT2D eigenvalue weighted by atomic mass is 10.1. The van der Waals surface area contributed by atoms with Gasteiger partial charge in [-0.15, -0.1) is 0 Å². The summed E-state index contributed by atoms with van der Waals surface area (Å²) < 4.78 is 25.9. The average molecular weight is 386 g/mol. The summed E-state index contributed by atoms with van der Waals surface area (Å²) in [6, 6.07) is 5.82. The molecular formula is C14H16N2O7P2. The van der Waals surface area contributed by atoms with Crippen molar-refractivity contribution in [3.05, 3.63) is 59.7 Å². The summed E-state index contributed by atoms with van der Waals surface area (Å²) in [7, 11) is -10.7. The van der Waals surface area contributed by atoms with Crippen LogP contribution in [0.25, 0.3) is 6.08 Å². The third kappa shape index (κ3) is 2.74. The molecule has 3 rings (SSSR count). The van der Waals surface area contributed by atoms with Crippen LogP contribution in [-0.4, -0.2) is 34.2 Å². The number of imidazole rings is 1. The minimum atomic E-state index is -5.35. The number of aromatic nitrogens is 2. The SMILES string of the molecule is O=P(O)(O)C1(P(=O)(O)O)C(CC(O)n2ccnc2)=Cc2ccccc21. The van der Waals surface area contributed by atoms with Crippen LogP contribution in [0.15, 0.2) is 48.6 Å². The fourth-order valence-electron chi connectivity index (χ4n) is 3.21. The van der Waals surface area contributed by atoms with E-state index in [1.165, 1.54) is 47.6 Å². The molecule has 0 radical (unpaired) electrons. The van der Waals surface area contributed by atoms with Crippen molar-refractivity contribution in [2.24, 2.45) is 0 Å². The standard InChI is InChI=1S/C14H16N2O7P2/c17-13(16-6-5-15-9-16)8-11-7-10-3-1-2-4-12(10)14(11,24(18,19)20)25(21,22)23/h1-7,9,13,17H,8H2,(H2,18,19,20)(H2,21,22,23). The van der Waals surface area contributed by atoms with Crippen LogP contribution in [0.5, 0.6) is 0 Å². The number of aliphatic hydroxyl groups is 1. The molecule has 2 aromatic rings. The maximum Gasteiger partial charge on any atom is 0.352 e. The van der Waals surface area contributed by atoms with E-state index in [1.54, 1.807) is 6.07 Å². The van der Waals surface area contributed by atoms with Gasteiger partial charge in [0, 0.05) is 18.8 Å². The Balaban J connectivity index is 2.19. The van der Waals surface area contributed by atoms with E-state index in [1.807, 2.05) is 0 Å². The van der Waals surface area contributed by atoms with Crippen molar-refractivity contribution in [2.45, 2.75) is 17.5 Å². The van der Waals surface area contributed by atoms with E-state index in [4.69, 9.17) is 0 Å². The third-order valence-electron chi connectivity index (χ3n) is 4.23. The Morgan fingerprint density at radius 3 is 2.32 bits per heavy atom. The zero-order valence-electron chi connectivity index (χ0n) is 12.7. The first-order valence-corrected chi connectivity index (χ1v) is 10.4. The quantitative estimate of drug-likeness (QED) is 0.483. The minimum absolute atomic E-state index is 0.149. The molecule has 0 saturated carbocycles. The lowest BCUT2D eigenvalue weighted by Crippen LogP contribution is -2.28. The highest BCUT2D eigenvalue weighted by Crippen LogP contribution is 2.80. The van der Waals surface area contributed by atoms with Gasteiger partial charge in [0.2, 0.25) is 4.90 Å². The van der Waals surface area contributed by atoms with Crippen molar-refractivity contribution in [3.63, 3.8) is 0 Å². The van der Waals surface area contributed by atoms with Crippen LogP contribution in [0.1, 0.15) is 23.8 Å². The number of aliphatic hydroxyl groups excluding tert-OH is 1. The van der Waals surface area contributed by atoms with Gasteiger partial charge in [0.25, 0.3) is 0 Å². The van der Waals surface area contributed by atoms with E-state index in [2.05, 4.69) is 4.98 Å². The van der Waals surface area contributed by atoms with Crippen LogP contribution in [0, 0.1) is 0 Å². The Bertz CT molecular complexity index is 891. The molecule has 0 saturated heterocycles. The second-order valence-electron chi connectivity index (χ2n) is 5.71. The van der Waals surface area contributed by atoms with E-state index >= 15 is 0 Å². The molecule has 1 aromatic heterocycles. The lowest BCUT2D eigenvalue weighted by molar-refractivity contribution is 0.103. The molecule has 0 bridgehead atoms. The average Bonchev–Trinajstić information content (AvgIpc) is 3.11. The number of rotatable bonds is 5. The van der Waals surface area contributed by atoms with Crippen molar-refractivity contribution in [1.29, 1.82) is 0 Å². The molecule has 11 heteroatoms.